The lowest BCUT2D eigenvalue weighted by Gasteiger charge is -2.22. The van der Waals surface area contributed by atoms with Crippen LogP contribution in [-0.4, -0.2) is 40.2 Å². The molecule has 3 atom stereocenters. The van der Waals surface area contributed by atoms with E-state index in [9.17, 15) is 5.11 Å². The lowest BCUT2D eigenvalue weighted by atomic mass is 10.0. The van der Waals surface area contributed by atoms with Crippen LogP contribution in [-0.2, 0) is 0 Å². The van der Waals surface area contributed by atoms with Crippen LogP contribution in [0.2, 0.25) is 0 Å². The van der Waals surface area contributed by atoms with Crippen LogP contribution in [0.1, 0.15) is 20.3 Å². The van der Waals surface area contributed by atoms with E-state index in [0.29, 0.717) is 17.5 Å². The Morgan fingerprint density at radius 1 is 1.69 bits per heavy atom. The lowest BCUT2D eigenvalue weighted by Crippen LogP contribution is -2.40. The highest BCUT2D eigenvalue weighted by Crippen LogP contribution is 2.21. The molecule has 0 aliphatic carbocycles. The van der Waals surface area contributed by atoms with Crippen molar-refractivity contribution in [2.45, 2.75) is 32.4 Å². The number of nitrogens with two attached hydrogens (primary N) is 1. The molecule has 0 spiro atoms. The Bertz CT molecular complexity index is 198. The van der Waals surface area contributed by atoms with Gasteiger partial charge in [-0.2, -0.15) is 0 Å². The smallest absolute Gasteiger partial charge is 0.0899 e. The van der Waals surface area contributed by atoms with Crippen molar-refractivity contribution in [3.63, 3.8) is 0 Å². The lowest BCUT2D eigenvalue weighted by molar-refractivity contribution is 0.139. The third kappa shape index (κ3) is 2.39. The van der Waals surface area contributed by atoms with Gasteiger partial charge in [0.2, 0.25) is 0 Å². The van der Waals surface area contributed by atoms with Crippen molar-refractivity contribution < 1.29 is 5.11 Å². The molecule has 0 bridgehead atoms. The molecule has 1 heterocycles. The molecule has 13 heavy (non-hydrogen) atoms. The van der Waals surface area contributed by atoms with Gasteiger partial charge in [-0.05, 0) is 19.3 Å². The third-order valence-electron chi connectivity index (χ3n) is 2.92. The Kier molecular flexibility index (Phi) is 3.64. The highest BCUT2D eigenvalue weighted by Gasteiger charge is 2.32. The summed E-state index contributed by atoms with van der Waals surface area (Å²) in [7, 11) is 0. The van der Waals surface area contributed by atoms with Gasteiger partial charge in [-0.3, -0.25) is 4.90 Å². The SMILES string of the molecule is CCC1CN(C(C)C(N)=S)CC1O. The first-order valence-corrected chi connectivity index (χ1v) is 5.18. The van der Waals surface area contributed by atoms with Crippen molar-refractivity contribution in [3.8, 4) is 0 Å². The Hall–Kier alpha value is -0.190. The van der Waals surface area contributed by atoms with Crippen molar-refractivity contribution >= 4 is 17.2 Å². The number of hydrogen-bond donors (Lipinski definition) is 2. The molecule has 0 aromatic carbocycles. The summed E-state index contributed by atoms with van der Waals surface area (Å²) in [5, 5.41) is 9.66. The van der Waals surface area contributed by atoms with Gasteiger partial charge >= 0.3 is 0 Å². The van der Waals surface area contributed by atoms with Crippen molar-refractivity contribution in [1.29, 1.82) is 0 Å². The van der Waals surface area contributed by atoms with E-state index in [2.05, 4.69) is 11.8 Å². The number of rotatable bonds is 3. The fourth-order valence-corrected chi connectivity index (χ4v) is 1.93. The highest BCUT2D eigenvalue weighted by atomic mass is 32.1. The molecule has 76 valence electrons. The fourth-order valence-electron chi connectivity index (χ4n) is 1.78. The number of hydrogen-bond acceptors (Lipinski definition) is 3. The van der Waals surface area contributed by atoms with E-state index in [-0.39, 0.29) is 12.1 Å². The van der Waals surface area contributed by atoms with Crippen molar-refractivity contribution in [2.24, 2.45) is 11.7 Å². The first-order valence-electron chi connectivity index (χ1n) is 4.77. The van der Waals surface area contributed by atoms with Crippen LogP contribution < -0.4 is 5.73 Å². The molecule has 0 saturated carbocycles. The molecule has 0 aromatic heterocycles. The van der Waals surface area contributed by atoms with Crippen LogP contribution in [0.15, 0.2) is 0 Å². The summed E-state index contributed by atoms with van der Waals surface area (Å²) in [5.41, 5.74) is 5.56. The van der Waals surface area contributed by atoms with Gasteiger partial charge in [0.15, 0.2) is 0 Å². The van der Waals surface area contributed by atoms with Crippen molar-refractivity contribution in [2.75, 3.05) is 13.1 Å². The molecule has 0 radical (unpaired) electrons. The second-order valence-electron chi connectivity index (χ2n) is 3.77. The van der Waals surface area contributed by atoms with Crippen LogP contribution in [0.3, 0.4) is 0 Å². The summed E-state index contributed by atoms with van der Waals surface area (Å²) in [4.78, 5) is 2.67. The van der Waals surface area contributed by atoms with Crippen LogP contribution in [0.5, 0.6) is 0 Å². The zero-order valence-electron chi connectivity index (χ0n) is 8.23. The molecular weight excluding hydrogens is 184 g/mol. The summed E-state index contributed by atoms with van der Waals surface area (Å²) in [5.74, 6) is 0.386. The quantitative estimate of drug-likeness (QED) is 0.649. The maximum atomic E-state index is 9.66. The van der Waals surface area contributed by atoms with Gasteiger partial charge in [0, 0.05) is 13.1 Å². The van der Waals surface area contributed by atoms with Gasteiger partial charge < -0.3 is 10.8 Å². The van der Waals surface area contributed by atoms with Gasteiger partial charge in [-0.15, -0.1) is 0 Å². The number of aliphatic hydroxyl groups excluding tert-OH is 1. The number of likely N-dealkylation sites (tertiary alicyclic amines) is 1. The molecule has 1 rings (SSSR count). The average molecular weight is 202 g/mol. The maximum Gasteiger partial charge on any atom is 0.0899 e. The maximum absolute atomic E-state index is 9.66. The number of aliphatic hydroxyl groups is 1. The average Bonchev–Trinajstić information content (AvgIpc) is 2.45. The van der Waals surface area contributed by atoms with E-state index in [1.165, 1.54) is 0 Å². The van der Waals surface area contributed by atoms with Gasteiger partial charge in [0.1, 0.15) is 0 Å². The van der Waals surface area contributed by atoms with Crippen LogP contribution in [0, 0.1) is 5.92 Å². The zero-order chi connectivity index (χ0) is 10.0. The Labute approximate surface area is 84.9 Å². The predicted molar refractivity (Wildman–Crippen MR) is 57.6 cm³/mol. The fraction of sp³-hybridized carbons (Fsp3) is 0.889. The molecule has 3 N–H and O–H groups in total. The largest absolute Gasteiger partial charge is 0.392 e. The normalized spacial score (nSPS) is 31.9. The molecule has 3 nitrogen and oxygen atoms in total. The second-order valence-corrected chi connectivity index (χ2v) is 4.24. The number of β-amino-alcohol motifs (C(OH)–C–C–N with tert-alkyl or cyclic N) is 1. The molecule has 3 unspecified atom stereocenters. The minimum atomic E-state index is -0.207. The topological polar surface area (TPSA) is 49.5 Å². The summed E-state index contributed by atoms with van der Waals surface area (Å²) >= 11 is 4.92. The van der Waals surface area contributed by atoms with Crippen LogP contribution >= 0.6 is 12.2 Å². The summed E-state index contributed by atoms with van der Waals surface area (Å²) in [6.07, 6.45) is 0.809. The molecular formula is C9H18N2OS. The van der Waals surface area contributed by atoms with Gasteiger partial charge in [0.25, 0.3) is 0 Å². The van der Waals surface area contributed by atoms with Crippen molar-refractivity contribution in [1.82, 2.24) is 4.90 Å². The van der Waals surface area contributed by atoms with Crippen molar-refractivity contribution in [3.05, 3.63) is 0 Å². The first-order chi connectivity index (χ1) is 6.06. The summed E-state index contributed by atoms with van der Waals surface area (Å²) in [6, 6.07) is 0.112. The molecule has 0 aromatic rings. The monoisotopic (exact) mass is 202 g/mol. The Morgan fingerprint density at radius 2 is 2.31 bits per heavy atom. The molecule has 1 aliphatic heterocycles. The van der Waals surface area contributed by atoms with Gasteiger partial charge in [0.05, 0.1) is 17.1 Å². The Balaban J connectivity index is 2.52. The number of thiocarbonyl (C=S) groups is 1. The minimum absolute atomic E-state index is 0.112. The van der Waals surface area contributed by atoms with Crippen LogP contribution in [0.25, 0.3) is 0 Å². The van der Waals surface area contributed by atoms with E-state index in [1.54, 1.807) is 0 Å². The van der Waals surface area contributed by atoms with E-state index in [4.69, 9.17) is 18.0 Å². The molecule has 0 amide bonds. The molecule has 4 heteroatoms. The first kappa shape index (κ1) is 10.9. The van der Waals surface area contributed by atoms with E-state index in [1.807, 2.05) is 6.92 Å². The number of nitrogens with zero attached hydrogens (tertiary/aromatic N) is 1. The predicted octanol–water partition coefficient (Wildman–Crippen LogP) is 0.364. The third-order valence-corrected chi connectivity index (χ3v) is 3.26. The van der Waals surface area contributed by atoms with E-state index < -0.39 is 0 Å². The second kappa shape index (κ2) is 4.35. The van der Waals surface area contributed by atoms with Gasteiger partial charge in [-0.25, -0.2) is 0 Å². The highest BCUT2D eigenvalue weighted by molar-refractivity contribution is 7.80. The molecule has 1 fully saturated rings. The standard InChI is InChI=1S/C9H18N2OS/c1-3-7-4-11(5-8(7)12)6(2)9(10)13/h6-8,12H,3-5H2,1-2H3,(H2,10,13). The summed E-state index contributed by atoms with van der Waals surface area (Å²) in [6.45, 7) is 5.71. The zero-order valence-corrected chi connectivity index (χ0v) is 9.05. The summed E-state index contributed by atoms with van der Waals surface area (Å²) < 4.78 is 0. The minimum Gasteiger partial charge on any atom is -0.392 e. The Morgan fingerprint density at radius 3 is 2.69 bits per heavy atom. The molecule has 1 saturated heterocycles. The van der Waals surface area contributed by atoms with E-state index in [0.717, 1.165) is 13.0 Å². The molecule has 1 aliphatic rings. The van der Waals surface area contributed by atoms with Crippen LogP contribution in [0.4, 0.5) is 0 Å². The van der Waals surface area contributed by atoms with Gasteiger partial charge in [-0.1, -0.05) is 19.1 Å². The van der Waals surface area contributed by atoms with E-state index >= 15 is 0 Å².